The van der Waals surface area contributed by atoms with Gasteiger partial charge in [-0.15, -0.1) is 0 Å². The van der Waals surface area contributed by atoms with E-state index in [1.165, 1.54) is 36.2 Å². The Morgan fingerprint density at radius 3 is 2.53 bits per heavy atom. The second kappa shape index (κ2) is 12.5. The minimum atomic E-state index is -0.848. The van der Waals surface area contributed by atoms with Gasteiger partial charge in [0.1, 0.15) is 5.82 Å². The zero-order valence-corrected chi connectivity index (χ0v) is 27.4. The predicted octanol–water partition coefficient (Wildman–Crippen LogP) is 5.72. The van der Waals surface area contributed by atoms with Gasteiger partial charge in [0.25, 0.3) is 5.56 Å². The molecule has 1 aliphatic rings. The average molecular weight is 691 g/mol. The molecule has 3 aromatic carbocycles. The molecule has 0 fully saturated rings. The number of fused-ring (bicyclic) bond motifs is 2. The van der Waals surface area contributed by atoms with Crippen molar-refractivity contribution in [3.8, 4) is 11.5 Å². The highest BCUT2D eigenvalue weighted by atomic mass is 79.9. The van der Waals surface area contributed by atoms with E-state index in [0.29, 0.717) is 48.7 Å². The van der Waals surface area contributed by atoms with E-state index in [1.54, 1.807) is 38.1 Å². The molecule has 0 saturated carbocycles. The number of nitrogens with zero attached hydrogens (tertiary/aromatic N) is 3. The van der Waals surface area contributed by atoms with Crippen molar-refractivity contribution >= 4 is 50.2 Å². The number of hydrogen-bond acceptors (Lipinski definition) is 7. The number of aromatic nitrogens is 2. The van der Waals surface area contributed by atoms with Crippen molar-refractivity contribution in [2.75, 3.05) is 20.8 Å². The van der Waals surface area contributed by atoms with Gasteiger partial charge in [-0.2, -0.15) is 0 Å². The molecule has 0 amide bonds. The standard InChI is InChI=1S/C34H29BrFN3O5S/c1-5-44-33(41)30-19(2)37-34-39(31(30)23-15-27(42-3)28(43-4)16-24(23)35)32(40)29(45-34)14-21-18-38(26-13-9-7-11-22(21)26)17-20-10-6-8-12-25(20)36/h6-16,18,31H,5,17H2,1-4H3/b29-14-/t31-/m0/s1. The number of carbonyl (C=O) groups excluding carboxylic acids is 1. The second-order valence-electron chi connectivity index (χ2n) is 10.4. The Morgan fingerprint density at radius 1 is 1.09 bits per heavy atom. The molecule has 0 bridgehead atoms. The molecule has 0 N–H and O–H groups in total. The number of thiazole rings is 1. The van der Waals surface area contributed by atoms with Crippen LogP contribution in [0, 0.1) is 5.82 Å². The Bertz CT molecular complexity index is 2180. The lowest BCUT2D eigenvalue weighted by molar-refractivity contribution is -0.139. The van der Waals surface area contributed by atoms with Gasteiger partial charge in [-0.1, -0.05) is 63.7 Å². The fourth-order valence-corrected chi connectivity index (χ4v) is 7.21. The normalized spacial score (nSPS) is 14.8. The van der Waals surface area contributed by atoms with Crippen LogP contribution in [-0.2, 0) is 16.1 Å². The molecule has 11 heteroatoms. The summed E-state index contributed by atoms with van der Waals surface area (Å²) in [4.78, 5) is 32.8. The third-order valence-corrected chi connectivity index (χ3v) is 9.39. The van der Waals surface area contributed by atoms with E-state index in [-0.39, 0.29) is 23.6 Å². The lowest BCUT2D eigenvalue weighted by atomic mass is 9.95. The van der Waals surface area contributed by atoms with Gasteiger partial charge in [0.2, 0.25) is 0 Å². The molecular weight excluding hydrogens is 661 g/mol. The Morgan fingerprint density at radius 2 is 1.80 bits per heavy atom. The molecule has 3 heterocycles. The highest BCUT2D eigenvalue weighted by molar-refractivity contribution is 9.10. The monoisotopic (exact) mass is 689 g/mol. The van der Waals surface area contributed by atoms with E-state index in [9.17, 15) is 14.0 Å². The zero-order chi connectivity index (χ0) is 31.8. The summed E-state index contributed by atoms with van der Waals surface area (Å²) in [5, 5.41) is 0.919. The van der Waals surface area contributed by atoms with E-state index in [0.717, 1.165) is 16.5 Å². The molecular formula is C34H29BrFN3O5S. The molecule has 0 spiro atoms. The SMILES string of the molecule is CCOC(=O)C1=C(C)N=c2s/c(=C\c3cn(Cc4ccccc4F)c4ccccc34)c(=O)n2[C@H]1c1cc(OC)c(OC)cc1Br. The maximum Gasteiger partial charge on any atom is 0.338 e. The Labute approximate surface area is 270 Å². The maximum atomic E-state index is 14.5. The van der Waals surface area contributed by atoms with Crippen molar-refractivity contribution in [3.05, 3.63) is 125 Å². The van der Waals surface area contributed by atoms with Crippen LogP contribution in [0.5, 0.6) is 11.5 Å². The van der Waals surface area contributed by atoms with Gasteiger partial charge in [-0.05, 0) is 49.8 Å². The van der Waals surface area contributed by atoms with Crippen LogP contribution in [-0.4, -0.2) is 35.9 Å². The topological polar surface area (TPSA) is 84.1 Å². The van der Waals surface area contributed by atoms with Gasteiger partial charge in [-0.3, -0.25) is 9.36 Å². The van der Waals surface area contributed by atoms with Gasteiger partial charge in [0, 0.05) is 32.7 Å². The fraction of sp³-hybridized carbons (Fsp3) is 0.206. The molecule has 45 heavy (non-hydrogen) atoms. The van der Waals surface area contributed by atoms with Crippen molar-refractivity contribution in [3.63, 3.8) is 0 Å². The highest BCUT2D eigenvalue weighted by Gasteiger charge is 2.35. The summed E-state index contributed by atoms with van der Waals surface area (Å²) in [6.45, 7) is 3.96. The van der Waals surface area contributed by atoms with Gasteiger partial charge in [0.05, 0.1) is 49.2 Å². The minimum Gasteiger partial charge on any atom is -0.493 e. The summed E-state index contributed by atoms with van der Waals surface area (Å²) in [5.41, 5.74) is 3.28. The smallest absolute Gasteiger partial charge is 0.338 e. The van der Waals surface area contributed by atoms with Crippen LogP contribution < -0.4 is 24.4 Å². The van der Waals surface area contributed by atoms with Crippen LogP contribution in [0.15, 0.2) is 92.4 Å². The molecule has 5 aromatic rings. The van der Waals surface area contributed by atoms with Crippen molar-refractivity contribution in [2.24, 2.45) is 4.99 Å². The van der Waals surface area contributed by atoms with Crippen LogP contribution in [0.2, 0.25) is 0 Å². The molecule has 6 rings (SSSR count). The quantitative estimate of drug-likeness (QED) is 0.195. The number of benzene rings is 3. The van der Waals surface area contributed by atoms with E-state index in [1.807, 2.05) is 47.2 Å². The number of hydrogen-bond donors (Lipinski definition) is 0. The van der Waals surface area contributed by atoms with Crippen molar-refractivity contribution in [1.82, 2.24) is 9.13 Å². The van der Waals surface area contributed by atoms with Crippen molar-refractivity contribution in [2.45, 2.75) is 26.4 Å². The first-order chi connectivity index (χ1) is 21.7. The largest absolute Gasteiger partial charge is 0.493 e. The number of methoxy groups -OCH3 is 2. The molecule has 0 saturated heterocycles. The molecule has 230 valence electrons. The lowest BCUT2D eigenvalue weighted by Gasteiger charge is -2.26. The number of para-hydroxylation sites is 1. The fourth-order valence-electron chi connectivity index (χ4n) is 5.64. The summed E-state index contributed by atoms with van der Waals surface area (Å²) < 4.78 is 35.6. The summed E-state index contributed by atoms with van der Waals surface area (Å²) in [6.07, 6.45) is 3.75. The first kappa shape index (κ1) is 30.5. The predicted molar refractivity (Wildman–Crippen MR) is 175 cm³/mol. The highest BCUT2D eigenvalue weighted by Crippen LogP contribution is 2.40. The van der Waals surface area contributed by atoms with Crippen LogP contribution in [0.25, 0.3) is 17.0 Å². The second-order valence-corrected chi connectivity index (χ2v) is 12.2. The van der Waals surface area contributed by atoms with E-state index < -0.39 is 12.0 Å². The number of esters is 1. The maximum absolute atomic E-state index is 14.5. The first-order valence-electron chi connectivity index (χ1n) is 14.2. The van der Waals surface area contributed by atoms with Crippen LogP contribution in [0.3, 0.4) is 0 Å². The summed E-state index contributed by atoms with van der Waals surface area (Å²) in [6, 6.07) is 17.1. The summed E-state index contributed by atoms with van der Waals surface area (Å²) in [5.74, 6) is 0.0965. The summed E-state index contributed by atoms with van der Waals surface area (Å²) in [7, 11) is 3.06. The molecule has 0 unspecified atom stereocenters. The molecule has 0 radical (unpaired) electrons. The van der Waals surface area contributed by atoms with Gasteiger partial charge < -0.3 is 18.8 Å². The first-order valence-corrected chi connectivity index (χ1v) is 15.8. The van der Waals surface area contributed by atoms with Crippen LogP contribution >= 0.6 is 27.3 Å². The molecule has 1 aliphatic heterocycles. The van der Waals surface area contributed by atoms with Gasteiger partial charge in [0.15, 0.2) is 16.3 Å². The van der Waals surface area contributed by atoms with E-state index in [4.69, 9.17) is 19.2 Å². The van der Waals surface area contributed by atoms with Crippen molar-refractivity contribution < 1.29 is 23.4 Å². The molecule has 2 aromatic heterocycles. The Balaban J connectivity index is 1.55. The Hall–Kier alpha value is -4.48. The third kappa shape index (κ3) is 5.51. The average Bonchev–Trinajstić information content (AvgIpc) is 3.53. The minimum absolute atomic E-state index is 0.163. The van der Waals surface area contributed by atoms with Crippen LogP contribution in [0.4, 0.5) is 4.39 Å². The number of rotatable bonds is 8. The molecule has 0 aliphatic carbocycles. The van der Waals surface area contributed by atoms with Crippen molar-refractivity contribution in [1.29, 1.82) is 0 Å². The molecule has 8 nitrogen and oxygen atoms in total. The number of allylic oxidation sites excluding steroid dienone is 1. The molecule has 1 atom stereocenters. The Kier molecular flexibility index (Phi) is 8.48. The zero-order valence-electron chi connectivity index (χ0n) is 25.0. The van der Waals surface area contributed by atoms with Crippen LogP contribution in [0.1, 0.15) is 36.6 Å². The lowest BCUT2D eigenvalue weighted by Crippen LogP contribution is -2.40. The summed E-state index contributed by atoms with van der Waals surface area (Å²) >= 11 is 4.87. The van der Waals surface area contributed by atoms with E-state index in [2.05, 4.69) is 15.9 Å². The van der Waals surface area contributed by atoms with E-state index >= 15 is 0 Å². The van der Waals surface area contributed by atoms with Gasteiger partial charge in [-0.25, -0.2) is 14.2 Å². The number of carbonyl (C=O) groups is 1. The van der Waals surface area contributed by atoms with Gasteiger partial charge >= 0.3 is 5.97 Å². The number of halogens is 2. The number of ether oxygens (including phenoxy) is 3. The third-order valence-electron chi connectivity index (χ3n) is 7.72.